The van der Waals surface area contributed by atoms with Gasteiger partial charge in [0.25, 0.3) is 0 Å². The van der Waals surface area contributed by atoms with Crippen LogP contribution in [0.5, 0.6) is 0 Å². The summed E-state index contributed by atoms with van der Waals surface area (Å²) in [6.07, 6.45) is -0.462. The van der Waals surface area contributed by atoms with E-state index >= 15 is 0 Å². The number of hydrogen-bond donors (Lipinski definition) is 2. The number of nitriles is 1. The van der Waals surface area contributed by atoms with Gasteiger partial charge in [-0.2, -0.15) is 5.26 Å². The Hall–Kier alpha value is -1.52. The number of carboxylic acids is 1. The molecule has 6 nitrogen and oxygen atoms in total. The molecule has 1 fully saturated rings. The summed E-state index contributed by atoms with van der Waals surface area (Å²) >= 11 is 1.32. The van der Waals surface area contributed by atoms with Crippen molar-refractivity contribution in [2.45, 2.75) is 32.4 Å². The van der Waals surface area contributed by atoms with Crippen LogP contribution in [0, 0.1) is 23.2 Å². The summed E-state index contributed by atoms with van der Waals surface area (Å²) in [7, 11) is 0. The van der Waals surface area contributed by atoms with Gasteiger partial charge in [0.15, 0.2) is 0 Å². The Labute approximate surface area is 121 Å². The van der Waals surface area contributed by atoms with E-state index in [1.165, 1.54) is 16.7 Å². The number of carbonyl (C=O) groups excluding carboxylic acids is 1. The van der Waals surface area contributed by atoms with E-state index in [1.807, 2.05) is 13.0 Å². The fraction of sp³-hybridized carbons (Fsp3) is 0.615. The van der Waals surface area contributed by atoms with Crippen LogP contribution >= 0.6 is 11.8 Å². The van der Waals surface area contributed by atoms with Gasteiger partial charge in [-0.15, -0.1) is 11.8 Å². The molecule has 1 amide bonds. The number of carboxylic acid groups (broad SMARTS) is 1. The molecule has 2 heterocycles. The van der Waals surface area contributed by atoms with Crippen molar-refractivity contribution >= 4 is 23.6 Å². The topological polar surface area (TPSA) is 102 Å². The summed E-state index contributed by atoms with van der Waals surface area (Å²) in [5, 5.41) is 27.6. The lowest BCUT2D eigenvalue weighted by Crippen LogP contribution is -2.63. The number of carbonyl (C=O) groups is 2. The summed E-state index contributed by atoms with van der Waals surface area (Å²) in [6.45, 7) is 3.41. The number of aliphatic carboxylic acids is 1. The largest absolute Gasteiger partial charge is 0.477 e. The van der Waals surface area contributed by atoms with Crippen molar-refractivity contribution in [1.29, 1.82) is 5.26 Å². The molecule has 0 saturated carbocycles. The summed E-state index contributed by atoms with van der Waals surface area (Å²) < 4.78 is 0. The van der Waals surface area contributed by atoms with E-state index in [2.05, 4.69) is 0 Å². The molecule has 20 heavy (non-hydrogen) atoms. The lowest BCUT2D eigenvalue weighted by atomic mass is 9.79. The van der Waals surface area contributed by atoms with Gasteiger partial charge in [-0.3, -0.25) is 4.79 Å². The Morgan fingerprint density at radius 1 is 1.60 bits per heavy atom. The Morgan fingerprint density at radius 2 is 2.25 bits per heavy atom. The molecule has 0 aromatic carbocycles. The predicted molar refractivity (Wildman–Crippen MR) is 72.3 cm³/mol. The zero-order chi connectivity index (χ0) is 15.0. The van der Waals surface area contributed by atoms with E-state index in [0.29, 0.717) is 17.1 Å². The van der Waals surface area contributed by atoms with Crippen LogP contribution < -0.4 is 0 Å². The maximum Gasteiger partial charge on any atom is 0.353 e. The first kappa shape index (κ1) is 14.9. The molecule has 2 aliphatic rings. The minimum Gasteiger partial charge on any atom is -0.477 e. The minimum absolute atomic E-state index is 0.0207. The molecule has 7 heteroatoms. The summed E-state index contributed by atoms with van der Waals surface area (Å²) in [5.41, 5.74) is 0.0207. The second-order valence-electron chi connectivity index (χ2n) is 5.03. The van der Waals surface area contributed by atoms with Gasteiger partial charge >= 0.3 is 5.97 Å². The molecule has 0 bridgehead atoms. The summed E-state index contributed by atoms with van der Waals surface area (Å²) in [4.78, 5) is 25.4. The molecule has 1 saturated heterocycles. The molecule has 2 rings (SSSR count). The number of amides is 1. The van der Waals surface area contributed by atoms with Gasteiger partial charge in [0.05, 0.1) is 24.1 Å². The molecule has 0 unspecified atom stereocenters. The van der Waals surface area contributed by atoms with Gasteiger partial charge in [0.2, 0.25) is 5.91 Å². The van der Waals surface area contributed by atoms with Crippen molar-refractivity contribution in [1.82, 2.24) is 4.90 Å². The van der Waals surface area contributed by atoms with Gasteiger partial charge in [-0.25, -0.2) is 4.79 Å². The predicted octanol–water partition coefficient (Wildman–Crippen LogP) is 0.787. The molecule has 0 aliphatic carbocycles. The smallest absolute Gasteiger partial charge is 0.353 e. The fourth-order valence-electron chi connectivity index (χ4n) is 2.92. The van der Waals surface area contributed by atoms with Gasteiger partial charge < -0.3 is 15.1 Å². The van der Waals surface area contributed by atoms with Crippen LogP contribution in [0.2, 0.25) is 0 Å². The van der Waals surface area contributed by atoms with Crippen LogP contribution in [0.4, 0.5) is 0 Å². The average Bonchev–Trinajstić information content (AvgIpc) is 2.60. The third kappa shape index (κ3) is 2.09. The van der Waals surface area contributed by atoms with Gasteiger partial charge in [0.1, 0.15) is 5.70 Å². The first-order valence-corrected chi connectivity index (χ1v) is 7.38. The number of β-lactam (4-membered cyclic amide) rings is 1. The van der Waals surface area contributed by atoms with Crippen molar-refractivity contribution < 1.29 is 19.8 Å². The van der Waals surface area contributed by atoms with E-state index in [9.17, 15) is 19.8 Å². The maximum atomic E-state index is 12.0. The average molecular weight is 296 g/mol. The van der Waals surface area contributed by atoms with Crippen molar-refractivity contribution in [2.75, 3.05) is 5.75 Å². The maximum absolute atomic E-state index is 12.0. The third-order valence-electron chi connectivity index (χ3n) is 3.78. The normalized spacial score (nSPS) is 29.8. The van der Waals surface area contributed by atoms with Crippen LogP contribution in [0.3, 0.4) is 0 Å². The fourth-order valence-corrected chi connectivity index (χ4v) is 4.06. The Morgan fingerprint density at radius 3 is 2.75 bits per heavy atom. The second-order valence-corrected chi connectivity index (χ2v) is 6.17. The molecule has 108 valence electrons. The molecule has 2 N–H and O–H groups in total. The summed E-state index contributed by atoms with van der Waals surface area (Å²) in [5.74, 6) is -1.61. The monoisotopic (exact) mass is 296 g/mol. The molecule has 0 aromatic heterocycles. The van der Waals surface area contributed by atoms with E-state index in [1.54, 1.807) is 6.92 Å². The van der Waals surface area contributed by atoms with Crippen LogP contribution in [0.25, 0.3) is 0 Å². The standard InChI is InChI=1S/C13H16N2O4S/c1-6-9-8(7(2)16)12(17)15(9)10(13(18)19)11(6)20-5-3-4-14/h6-9,16H,3,5H2,1-2H3,(H,18,19)/t6-,7-,8-,9-/m1/s1. The highest BCUT2D eigenvalue weighted by Crippen LogP contribution is 2.50. The number of fused-ring (bicyclic) bond motifs is 1. The lowest BCUT2D eigenvalue weighted by molar-refractivity contribution is -0.163. The molecular formula is C13H16N2O4S. The minimum atomic E-state index is -1.13. The van der Waals surface area contributed by atoms with Crippen molar-refractivity contribution in [3.8, 4) is 6.07 Å². The lowest BCUT2D eigenvalue weighted by Gasteiger charge is -2.46. The van der Waals surface area contributed by atoms with Crippen LogP contribution in [-0.2, 0) is 9.59 Å². The molecule has 0 spiro atoms. The first-order chi connectivity index (χ1) is 9.41. The molecular weight excluding hydrogens is 280 g/mol. The molecule has 2 aliphatic heterocycles. The second kappa shape index (κ2) is 5.46. The highest BCUT2D eigenvalue weighted by molar-refractivity contribution is 8.03. The van der Waals surface area contributed by atoms with E-state index in [4.69, 9.17) is 5.26 Å². The number of aliphatic hydroxyl groups excluding tert-OH is 1. The van der Waals surface area contributed by atoms with Gasteiger partial charge in [-0.1, -0.05) is 6.92 Å². The van der Waals surface area contributed by atoms with Crippen molar-refractivity contribution in [3.63, 3.8) is 0 Å². The number of aliphatic hydroxyl groups is 1. The zero-order valence-corrected chi connectivity index (χ0v) is 12.1. The van der Waals surface area contributed by atoms with Crippen molar-refractivity contribution in [3.05, 3.63) is 10.6 Å². The number of rotatable bonds is 5. The number of nitrogens with zero attached hydrogens (tertiary/aromatic N) is 2. The SMILES string of the molecule is C[C@@H](O)[C@H]1C(=O)N2C(C(=O)O)=C(SCCC#N)[C@H](C)[C@H]12. The van der Waals surface area contributed by atoms with Crippen LogP contribution in [0.15, 0.2) is 10.6 Å². The Balaban J connectivity index is 2.28. The Kier molecular flexibility index (Phi) is 4.06. The third-order valence-corrected chi connectivity index (χ3v) is 5.07. The highest BCUT2D eigenvalue weighted by Gasteiger charge is 2.59. The number of hydrogen-bond acceptors (Lipinski definition) is 5. The van der Waals surface area contributed by atoms with E-state index < -0.39 is 18.0 Å². The van der Waals surface area contributed by atoms with E-state index in [0.717, 1.165) is 0 Å². The van der Waals surface area contributed by atoms with Gasteiger partial charge in [-0.05, 0) is 6.92 Å². The van der Waals surface area contributed by atoms with Crippen molar-refractivity contribution in [2.24, 2.45) is 11.8 Å². The molecule has 4 atom stereocenters. The van der Waals surface area contributed by atoms with E-state index in [-0.39, 0.29) is 23.6 Å². The number of thioether (sulfide) groups is 1. The quantitative estimate of drug-likeness (QED) is 0.574. The van der Waals surface area contributed by atoms with Crippen LogP contribution in [-0.4, -0.2) is 44.9 Å². The van der Waals surface area contributed by atoms with Crippen LogP contribution in [0.1, 0.15) is 20.3 Å². The Bertz CT molecular complexity index is 523. The first-order valence-electron chi connectivity index (χ1n) is 6.40. The molecule has 0 radical (unpaired) electrons. The molecule has 0 aromatic rings. The summed E-state index contributed by atoms with van der Waals surface area (Å²) in [6, 6.07) is 1.73. The zero-order valence-electron chi connectivity index (χ0n) is 11.2. The van der Waals surface area contributed by atoms with Gasteiger partial charge in [0, 0.05) is 23.0 Å². The highest BCUT2D eigenvalue weighted by atomic mass is 32.2.